The molecule has 1 nitrogen and oxygen atoms in total. The molecule has 0 aliphatic carbocycles. The van der Waals surface area contributed by atoms with Gasteiger partial charge in [0.25, 0.3) is 0 Å². The molecule has 0 atom stereocenters. The standard InChI is InChI=1S/C2H6N.2C2H6.Rb/c1-3-2;2*1-2;/h1-2H3;2*1-2H3;/q-1;;;+1. The van der Waals surface area contributed by atoms with Crippen LogP contribution in [0.15, 0.2) is 0 Å². The first-order valence-electron chi connectivity index (χ1n) is 2.89. The van der Waals surface area contributed by atoms with Crippen molar-refractivity contribution in [2.75, 3.05) is 14.1 Å². The van der Waals surface area contributed by atoms with E-state index in [-0.39, 0.29) is 58.2 Å². The van der Waals surface area contributed by atoms with Crippen LogP contribution in [0, 0.1) is 0 Å². The number of rotatable bonds is 0. The van der Waals surface area contributed by atoms with Crippen LogP contribution in [0.5, 0.6) is 0 Å². The van der Waals surface area contributed by atoms with E-state index in [0.717, 1.165) is 0 Å². The molecule has 0 amide bonds. The SMILES string of the molecule is CC.CC.C[N-]C.[Rb+]. The van der Waals surface area contributed by atoms with Gasteiger partial charge in [-0.1, -0.05) is 27.7 Å². The summed E-state index contributed by atoms with van der Waals surface area (Å²) in [7, 11) is 3.50. The molecule has 0 rings (SSSR count). The van der Waals surface area contributed by atoms with Crippen molar-refractivity contribution < 1.29 is 58.2 Å². The van der Waals surface area contributed by atoms with Gasteiger partial charge in [0.2, 0.25) is 0 Å². The quantitative estimate of drug-likeness (QED) is 0.496. The van der Waals surface area contributed by atoms with Crippen LogP contribution < -0.4 is 58.2 Å². The van der Waals surface area contributed by atoms with Gasteiger partial charge in [0.05, 0.1) is 0 Å². The fourth-order valence-corrected chi connectivity index (χ4v) is 0. The summed E-state index contributed by atoms with van der Waals surface area (Å²) in [6.07, 6.45) is 0. The summed E-state index contributed by atoms with van der Waals surface area (Å²) in [4.78, 5) is 0. The molecule has 48 valence electrons. The Kier molecular flexibility index (Phi) is 195. The molecule has 0 aromatic heterocycles. The minimum absolute atomic E-state index is 0. The molecule has 0 saturated carbocycles. The summed E-state index contributed by atoms with van der Waals surface area (Å²) in [5.74, 6) is 0. The molecular weight excluding hydrogens is 172 g/mol. The van der Waals surface area contributed by atoms with E-state index >= 15 is 0 Å². The van der Waals surface area contributed by atoms with Crippen molar-refractivity contribution in [3.8, 4) is 0 Å². The van der Waals surface area contributed by atoms with Crippen LogP contribution in [0.4, 0.5) is 0 Å². The number of nitrogens with zero attached hydrogens (tertiary/aromatic N) is 1. The van der Waals surface area contributed by atoms with Gasteiger partial charge in [-0.25, -0.2) is 0 Å². The van der Waals surface area contributed by atoms with Crippen molar-refractivity contribution in [1.29, 1.82) is 0 Å². The van der Waals surface area contributed by atoms with Crippen LogP contribution in [0.25, 0.3) is 5.32 Å². The first-order chi connectivity index (χ1) is 3.41. The van der Waals surface area contributed by atoms with Gasteiger partial charge in [-0.15, -0.1) is 0 Å². The molecule has 0 saturated heterocycles. The zero-order chi connectivity index (χ0) is 6.71. The minimum Gasteiger partial charge on any atom is -0.668 e. The van der Waals surface area contributed by atoms with Crippen LogP contribution in [0.1, 0.15) is 27.7 Å². The Morgan fingerprint density at radius 1 is 0.750 bits per heavy atom. The maximum Gasteiger partial charge on any atom is 1.00 e. The second-order valence-corrected chi connectivity index (χ2v) is 0.447. The van der Waals surface area contributed by atoms with Crippen molar-refractivity contribution in [1.82, 2.24) is 0 Å². The van der Waals surface area contributed by atoms with Gasteiger partial charge >= 0.3 is 58.2 Å². The Morgan fingerprint density at radius 2 is 0.750 bits per heavy atom. The second-order valence-electron chi connectivity index (χ2n) is 0.447. The van der Waals surface area contributed by atoms with Gasteiger partial charge in [0, 0.05) is 0 Å². The molecule has 0 fully saturated rings. The fraction of sp³-hybridized carbons (Fsp3) is 1.00. The molecule has 0 bridgehead atoms. The Balaban J connectivity index is -0.0000000147. The molecule has 0 aliphatic heterocycles. The average molecular weight is 190 g/mol. The molecule has 0 N–H and O–H groups in total. The van der Waals surface area contributed by atoms with Crippen molar-refractivity contribution in [2.45, 2.75) is 27.7 Å². The smallest absolute Gasteiger partial charge is 0.668 e. The van der Waals surface area contributed by atoms with Crippen LogP contribution in [-0.2, 0) is 0 Å². The Bertz CT molecular complexity index is 8.49. The van der Waals surface area contributed by atoms with Gasteiger partial charge in [-0.3, -0.25) is 0 Å². The van der Waals surface area contributed by atoms with Crippen LogP contribution in [0.3, 0.4) is 0 Å². The topological polar surface area (TPSA) is 14.1 Å². The molecule has 0 aromatic carbocycles. The first kappa shape index (κ1) is 22.6. The number of hydrogen-bond donors (Lipinski definition) is 0. The average Bonchev–Trinajstić information content (AvgIpc) is 1.78. The summed E-state index contributed by atoms with van der Waals surface area (Å²) in [5, 5.41) is 3.50. The van der Waals surface area contributed by atoms with E-state index in [9.17, 15) is 0 Å². The monoisotopic (exact) mass is 189 g/mol. The summed E-state index contributed by atoms with van der Waals surface area (Å²) in [6, 6.07) is 0. The van der Waals surface area contributed by atoms with Crippen LogP contribution >= 0.6 is 0 Å². The molecule has 0 heterocycles. The summed E-state index contributed by atoms with van der Waals surface area (Å²) < 4.78 is 0. The largest absolute Gasteiger partial charge is 1.00 e. The zero-order valence-electron chi connectivity index (χ0n) is 7.45. The Morgan fingerprint density at radius 3 is 0.750 bits per heavy atom. The zero-order valence-corrected chi connectivity index (χ0v) is 12.4. The minimum atomic E-state index is 0. The molecule has 0 spiro atoms. The molecular formula is C6H18NRb. The predicted molar refractivity (Wildman–Crippen MR) is 37.9 cm³/mol. The van der Waals surface area contributed by atoms with E-state index in [4.69, 9.17) is 0 Å². The van der Waals surface area contributed by atoms with Crippen molar-refractivity contribution in [3.05, 3.63) is 5.32 Å². The molecule has 0 aliphatic rings. The fourth-order valence-electron chi connectivity index (χ4n) is 0. The normalized spacial score (nSPS) is 3.75. The molecule has 2 heteroatoms. The van der Waals surface area contributed by atoms with E-state index in [1.54, 1.807) is 14.1 Å². The third-order valence-corrected chi connectivity index (χ3v) is 0. The van der Waals surface area contributed by atoms with Crippen molar-refractivity contribution in [3.63, 3.8) is 0 Å². The maximum absolute atomic E-state index is 3.50. The van der Waals surface area contributed by atoms with E-state index in [2.05, 4.69) is 5.32 Å². The summed E-state index contributed by atoms with van der Waals surface area (Å²) in [5.41, 5.74) is 0. The number of hydrogen-bond acceptors (Lipinski definition) is 0. The van der Waals surface area contributed by atoms with E-state index in [1.165, 1.54) is 0 Å². The summed E-state index contributed by atoms with van der Waals surface area (Å²) in [6.45, 7) is 8.00. The Hall–Kier alpha value is 1.77. The second kappa shape index (κ2) is 69.1. The molecule has 0 radical (unpaired) electrons. The third kappa shape index (κ3) is 114. The third-order valence-electron chi connectivity index (χ3n) is 0. The van der Waals surface area contributed by atoms with Crippen molar-refractivity contribution >= 4 is 0 Å². The maximum atomic E-state index is 3.50. The van der Waals surface area contributed by atoms with Gasteiger partial charge in [-0.2, -0.15) is 14.1 Å². The van der Waals surface area contributed by atoms with Gasteiger partial charge in [0.15, 0.2) is 0 Å². The predicted octanol–water partition coefficient (Wildman–Crippen LogP) is -0.324. The molecule has 0 unspecified atom stereocenters. The Labute approximate surface area is 103 Å². The van der Waals surface area contributed by atoms with E-state index < -0.39 is 0 Å². The van der Waals surface area contributed by atoms with Crippen molar-refractivity contribution in [2.24, 2.45) is 0 Å². The summed E-state index contributed by atoms with van der Waals surface area (Å²) >= 11 is 0. The van der Waals surface area contributed by atoms with Crippen LogP contribution in [0.2, 0.25) is 0 Å². The van der Waals surface area contributed by atoms with Crippen LogP contribution in [-0.4, -0.2) is 14.1 Å². The van der Waals surface area contributed by atoms with E-state index in [0.29, 0.717) is 0 Å². The van der Waals surface area contributed by atoms with Gasteiger partial charge in [0.1, 0.15) is 0 Å². The molecule has 0 aromatic rings. The van der Waals surface area contributed by atoms with Gasteiger partial charge in [-0.05, 0) is 0 Å². The van der Waals surface area contributed by atoms with E-state index in [1.807, 2.05) is 27.7 Å². The first-order valence-corrected chi connectivity index (χ1v) is 2.89. The molecule has 8 heavy (non-hydrogen) atoms. The van der Waals surface area contributed by atoms with Gasteiger partial charge < -0.3 is 5.32 Å².